The minimum Gasteiger partial charge on any atom is -0.476 e. The van der Waals surface area contributed by atoms with Crippen molar-refractivity contribution in [2.75, 3.05) is 5.73 Å². The maximum atomic E-state index is 11.6. The monoisotopic (exact) mass is 311 g/mol. The highest BCUT2D eigenvalue weighted by atomic mass is 16.4. The average molecular weight is 311 g/mol. The zero-order valence-electron chi connectivity index (χ0n) is 12.1. The summed E-state index contributed by atoms with van der Waals surface area (Å²) in [6.07, 6.45) is 3.28. The van der Waals surface area contributed by atoms with Gasteiger partial charge in [-0.05, 0) is 18.2 Å². The number of anilines is 1. The number of nitrogens with one attached hydrogen (secondary N) is 1. The average Bonchev–Trinajstić information content (AvgIpc) is 3.03. The molecule has 3 rings (SSSR count). The number of H-pyrrole nitrogens is 1. The lowest BCUT2D eigenvalue weighted by atomic mass is 10.1. The molecule has 0 aromatic carbocycles. The van der Waals surface area contributed by atoms with Crippen LogP contribution in [0.15, 0.2) is 41.5 Å². The van der Waals surface area contributed by atoms with Gasteiger partial charge in [0.25, 0.3) is 0 Å². The van der Waals surface area contributed by atoms with Crippen LogP contribution in [0.2, 0.25) is 0 Å². The first-order valence-electron chi connectivity index (χ1n) is 6.69. The summed E-state index contributed by atoms with van der Waals surface area (Å²) in [5, 5.41) is 9.21. The van der Waals surface area contributed by atoms with Crippen molar-refractivity contribution in [2.24, 2.45) is 7.05 Å². The van der Waals surface area contributed by atoms with Gasteiger partial charge in [-0.2, -0.15) is 0 Å². The number of aromatic amines is 1. The van der Waals surface area contributed by atoms with E-state index in [9.17, 15) is 14.7 Å². The minimum atomic E-state index is -1.26. The van der Waals surface area contributed by atoms with Gasteiger partial charge in [0.05, 0.1) is 5.69 Å². The molecule has 0 amide bonds. The topological polar surface area (TPSA) is 127 Å². The van der Waals surface area contributed by atoms with Crippen molar-refractivity contribution in [3.63, 3.8) is 0 Å². The van der Waals surface area contributed by atoms with E-state index in [-0.39, 0.29) is 17.1 Å². The number of nitrogens with two attached hydrogens (primary N) is 1. The van der Waals surface area contributed by atoms with E-state index in [2.05, 4.69) is 15.0 Å². The Hall–Kier alpha value is -3.42. The second-order valence-corrected chi connectivity index (χ2v) is 4.91. The fourth-order valence-corrected chi connectivity index (χ4v) is 2.21. The zero-order chi connectivity index (χ0) is 16.6. The second-order valence-electron chi connectivity index (χ2n) is 4.91. The van der Waals surface area contributed by atoms with E-state index >= 15 is 0 Å². The van der Waals surface area contributed by atoms with Crippen molar-refractivity contribution < 1.29 is 9.90 Å². The fraction of sp³-hybridized carbons (Fsp3) is 0.0667. The molecule has 3 aromatic rings. The van der Waals surface area contributed by atoms with Gasteiger partial charge < -0.3 is 20.4 Å². The fourth-order valence-electron chi connectivity index (χ4n) is 2.21. The molecule has 0 radical (unpaired) electrons. The molecular weight excluding hydrogens is 298 g/mol. The Balaban J connectivity index is 2.31. The van der Waals surface area contributed by atoms with Gasteiger partial charge >= 0.3 is 5.97 Å². The Kier molecular flexibility index (Phi) is 3.41. The molecule has 0 spiro atoms. The number of hydrogen-bond donors (Lipinski definition) is 3. The number of pyridine rings is 1. The van der Waals surface area contributed by atoms with E-state index in [1.54, 1.807) is 37.6 Å². The number of aromatic carboxylic acids is 1. The molecule has 0 aliphatic heterocycles. The molecule has 116 valence electrons. The molecule has 0 fully saturated rings. The molecule has 0 unspecified atom stereocenters. The molecule has 0 aliphatic carbocycles. The molecule has 0 saturated heterocycles. The standard InChI is InChI=1S/C15H13N5O3/c1-20-7-8(4-5-10(20)21)11-12(9-3-2-6-17-9)19-14(16)13(18-11)15(22)23/h2-7,17H,1H3,(H2,16,19)(H,22,23). The van der Waals surface area contributed by atoms with Gasteiger partial charge in [0, 0.05) is 31.1 Å². The van der Waals surface area contributed by atoms with Crippen LogP contribution in [-0.4, -0.2) is 30.6 Å². The van der Waals surface area contributed by atoms with E-state index < -0.39 is 5.97 Å². The van der Waals surface area contributed by atoms with Crippen LogP contribution in [0.1, 0.15) is 10.5 Å². The Morgan fingerprint density at radius 1 is 1.26 bits per heavy atom. The summed E-state index contributed by atoms with van der Waals surface area (Å²) in [7, 11) is 1.60. The minimum absolute atomic E-state index is 0.171. The summed E-state index contributed by atoms with van der Waals surface area (Å²) in [5.41, 5.74) is 7.14. The lowest BCUT2D eigenvalue weighted by Crippen LogP contribution is -2.15. The van der Waals surface area contributed by atoms with Gasteiger partial charge in [-0.3, -0.25) is 4.79 Å². The highest BCUT2D eigenvalue weighted by Gasteiger charge is 2.19. The molecule has 23 heavy (non-hydrogen) atoms. The van der Waals surface area contributed by atoms with Crippen LogP contribution in [-0.2, 0) is 7.05 Å². The van der Waals surface area contributed by atoms with Crippen molar-refractivity contribution in [1.29, 1.82) is 0 Å². The first-order valence-corrected chi connectivity index (χ1v) is 6.69. The lowest BCUT2D eigenvalue weighted by Gasteiger charge is -2.11. The number of carbonyl (C=O) groups is 1. The number of hydrogen-bond acceptors (Lipinski definition) is 5. The Labute approximate surface area is 130 Å². The molecular formula is C15H13N5O3. The van der Waals surface area contributed by atoms with Gasteiger partial charge in [-0.1, -0.05) is 0 Å². The molecule has 0 aliphatic rings. The van der Waals surface area contributed by atoms with Gasteiger partial charge in [0.2, 0.25) is 5.56 Å². The van der Waals surface area contributed by atoms with E-state index in [4.69, 9.17) is 5.73 Å². The molecule has 3 aromatic heterocycles. The lowest BCUT2D eigenvalue weighted by molar-refractivity contribution is 0.0691. The van der Waals surface area contributed by atoms with E-state index in [0.29, 0.717) is 22.6 Å². The van der Waals surface area contributed by atoms with E-state index in [0.717, 1.165) is 0 Å². The van der Waals surface area contributed by atoms with Crippen molar-refractivity contribution in [2.45, 2.75) is 0 Å². The SMILES string of the molecule is Cn1cc(-c2nc(C(=O)O)c(N)nc2-c2ccc[nH]2)ccc1=O. The Bertz CT molecular complexity index is 944. The summed E-state index contributed by atoms with van der Waals surface area (Å²) >= 11 is 0. The van der Waals surface area contributed by atoms with Crippen molar-refractivity contribution in [3.8, 4) is 22.6 Å². The number of carboxylic acid groups (broad SMARTS) is 1. The quantitative estimate of drug-likeness (QED) is 0.665. The van der Waals surface area contributed by atoms with Crippen molar-refractivity contribution >= 4 is 11.8 Å². The van der Waals surface area contributed by atoms with Gasteiger partial charge in [-0.15, -0.1) is 0 Å². The maximum Gasteiger partial charge on any atom is 0.358 e. The number of aromatic nitrogens is 4. The van der Waals surface area contributed by atoms with E-state index in [1.807, 2.05) is 0 Å². The first-order chi connectivity index (χ1) is 11.0. The van der Waals surface area contributed by atoms with Crippen LogP contribution < -0.4 is 11.3 Å². The highest BCUT2D eigenvalue weighted by molar-refractivity contribution is 5.92. The third-order valence-corrected chi connectivity index (χ3v) is 3.34. The van der Waals surface area contributed by atoms with Crippen LogP contribution in [0, 0.1) is 0 Å². The zero-order valence-corrected chi connectivity index (χ0v) is 12.1. The van der Waals surface area contributed by atoms with Crippen LogP contribution in [0.4, 0.5) is 5.82 Å². The number of nitrogen functional groups attached to an aromatic ring is 1. The second kappa shape index (κ2) is 5.41. The van der Waals surface area contributed by atoms with Crippen molar-refractivity contribution in [1.82, 2.24) is 19.5 Å². The summed E-state index contributed by atoms with van der Waals surface area (Å²) in [4.78, 5) is 34.1. The van der Waals surface area contributed by atoms with E-state index in [1.165, 1.54) is 10.6 Å². The molecule has 8 heteroatoms. The van der Waals surface area contributed by atoms with Gasteiger partial charge in [0.15, 0.2) is 11.5 Å². The maximum absolute atomic E-state index is 11.6. The molecule has 0 saturated carbocycles. The summed E-state index contributed by atoms with van der Waals surface area (Å²) < 4.78 is 1.38. The molecule has 3 heterocycles. The number of aryl methyl sites for hydroxylation is 1. The third kappa shape index (κ3) is 2.57. The predicted octanol–water partition coefficient (Wildman–Crippen LogP) is 1.12. The normalized spacial score (nSPS) is 10.7. The summed E-state index contributed by atoms with van der Waals surface area (Å²) in [6.45, 7) is 0. The number of carboxylic acids is 1. The number of rotatable bonds is 3. The number of nitrogens with zero attached hydrogens (tertiary/aromatic N) is 3. The van der Waals surface area contributed by atoms with Gasteiger partial charge in [0.1, 0.15) is 11.4 Å². The molecule has 0 atom stereocenters. The molecule has 4 N–H and O–H groups in total. The first kappa shape index (κ1) is 14.5. The van der Waals surface area contributed by atoms with Gasteiger partial charge in [-0.25, -0.2) is 14.8 Å². The van der Waals surface area contributed by atoms with Crippen molar-refractivity contribution in [3.05, 3.63) is 52.7 Å². The van der Waals surface area contributed by atoms with Crippen LogP contribution in [0.25, 0.3) is 22.6 Å². The smallest absolute Gasteiger partial charge is 0.358 e. The van der Waals surface area contributed by atoms with Crippen LogP contribution in [0.3, 0.4) is 0 Å². The Morgan fingerprint density at radius 2 is 2.04 bits per heavy atom. The largest absolute Gasteiger partial charge is 0.476 e. The molecule has 0 bridgehead atoms. The molecule has 8 nitrogen and oxygen atoms in total. The Morgan fingerprint density at radius 3 is 2.65 bits per heavy atom. The predicted molar refractivity (Wildman–Crippen MR) is 83.9 cm³/mol. The van der Waals surface area contributed by atoms with Crippen LogP contribution >= 0.6 is 0 Å². The van der Waals surface area contributed by atoms with Crippen LogP contribution in [0.5, 0.6) is 0 Å². The summed E-state index contributed by atoms with van der Waals surface area (Å²) in [6, 6.07) is 6.51. The summed E-state index contributed by atoms with van der Waals surface area (Å²) in [5.74, 6) is -1.44. The third-order valence-electron chi connectivity index (χ3n) is 3.34. The highest BCUT2D eigenvalue weighted by Crippen LogP contribution is 2.29.